The summed E-state index contributed by atoms with van der Waals surface area (Å²) in [6.07, 6.45) is -1.34. The zero-order chi connectivity index (χ0) is 8.65. The number of sulfone groups is 1. The van der Waals surface area contributed by atoms with Crippen molar-refractivity contribution in [3.05, 3.63) is 10.1 Å². The van der Waals surface area contributed by atoms with E-state index in [-0.39, 0.29) is 0 Å². The number of aliphatic hydroxyl groups is 1. The van der Waals surface area contributed by atoms with Crippen LogP contribution in [0.1, 0.15) is 0 Å². The highest BCUT2D eigenvalue weighted by atomic mass is 32.2. The van der Waals surface area contributed by atoms with Crippen molar-refractivity contribution in [1.29, 1.82) is 0 Å². The summed E-state index contributed by atoms with van der Waals surface area (Å²) in [5, 5.41) is 19.0. The van der Waals surface area contributed by atoms with E-state index in [0.717, 1.165) is 0 Å². The molecule has 64 valence electrons. The molecule has 0 unspecified atom stereocenters. The second kappa shape index (κ2) is 2.42. The van der Waals surface area contributed by atoms with Crippen LogP contribution in [0.5, 0.6) is 0 Å². The molecule has 0 bridgehead atoms. The molecule has 0 aromatic carbocycles. The zero-order valence-corrected chi connectivity index (χ0v) is 6.32. The Kier molecular flexibility index (Phi) is 1.85. The van der Waals surface area contributed by atoms with Gasteiger partial charge in [0.2, 0.25) is 0 Å². The third kappa shape index (κ3) is 1.66. The van der Waals surface area contributed by atoms with Crippen LogP contribution in [0.2, 0.25) is 0 Å². The molecule has 7 heteroatoms. The van der Waals surface area contributed by atoms with Crippen LogP contribution in [0.4, 0.5) is 0 Å². The Bertz CT molecular complexity index is 270. The van der Waals surface area contributed by atoms with Crippen LogP contribution < -0.4 is 0 Å². The lowest BCUT2D eigenvalue weighted by Gasteiger charge is -2.01. The Morgan fingerprint density at radius 1 is 1.45 bits per heavy atom. The Balaban J connectivity index is 2.83. The van der Waals surface area contributed by atoms with Crippen molar-refractivity contribution in [2.75, 3.05) is 11.5 Å². The van der Waals surface area contributed by atoms with Gasteiger partial charge in [-0.15, -0.1) is 0 Å². The van der Waals surface area contributed by atoms with Gasteiger partial charge in [0.1, 0.15) is 11.9 Å². The molecule has 6 nitrogen and oxygen atoms in total. The maximum absolute atomic E-state index is 10.7. The Hall–Kier alpha value is -0.690. The molecule has 1 N–H and O–H groups in total. The van der Waals surface area contributed by atoms with Gasteiger partial charge in [-0.1, -0.05) is 0 Å². The van der Waals surface area contributed by atoms with Crippen LogP contribution in [-0.4, -0.2) is 42.1 Å². The molecular weight excluding hydrogens is 174 g/mol. The van der Waals surface area contributed by atoms with Crippen molar-refractivity contribution in [3.8, 4) is 0 Å². The van der Waals surface area contributed by atoms with Crippen LogP contribution in [0.25, 0.3) is 0 Å². The molecule has 1 fully saturated rings. The summed E-state index contributed by atoms with van der Waals surface area (Å²) in [5.41, 5.74) is 0. The van der Waals surface area contributed by atoms with E-state index >= 15 is 0 Å². The fourth-order valence-electron chi connectivity index (χ4n) is 1.01. The van der Waals surface area contributed by atoms with Crippen molar-refractivity contribution in [1.82, 2.24) is 0 Å². The van der Waals surface area contributed by atoms with E-state index in [1.807, 2.05) is 0 Å². The lowest BCUT2D eigenvalue weighted by molar-refractivity contribution is -0.525. The lowest BCUT2D eigenvalue weighted by Crippen LogP contribution is -2.31. The molecule has 0 radical (unpaired) electrons. The average molecular weight is 181 g/mol. The highest BCUT2D eigenvalue weighted by Gasteiger charge is 2.44. The largest absolute Gasteiger partial charge is 0.385 e. The first-order valence-electron chi connectivity index (χ1n) is 2.94. The van der Waals surface area contributed by atoms with E-state index in [1.54, 1.807) is 0 Å². The minimum Gasteiger partial charge on any atom is -0.385 e. The van der Waals surface area contributed by atoms with E-state index in [2.05, 4.69) is 0 Å². The molecule has 1 heterocycles. The zero-order valence-electron chi connectivity index (χ0n) is 5.50. The van der Waals surface area contributed by atoms with Gasteiger partial charge in [0.25, 0.3) is 6.04 Å². The van der Waals surface area contributed by atoms with Gasteiger partial charge in [-0.3, -0.25) is 10.1 Å². The molecule has 11 heavy (non-hydrogen) atoms. The fourth-order valence-corrected chi connectivity index (χ4v) is 2.75. The van der Waals surface area contributed by atoms with Crippen molar-refractivity contribution >= 4 is 9.84 Å². The van der Waals surface area contributed by atoms with E-state index in [0.29, 0.717) is 0 Å². The molecule has 1 rings (SSSR count). The fraction of sp³-hybridized carbons (Fsp3) is 1.00. The summed E-state index contributed by atoms with van der Waals surface area (Å²) >= 11 is 0. The summed E-state index contributed by atoms with van der Waals surface area (Å²) in [5.74, 6) is -1.03. The normalized spacial score (nSPS) is 35.4. The molecule has 0 saturated carbocycles. The van der Waals surface area contributed by atoms with E-state index in [9.17, 15) is 18.5 Å². The van der Waals surface area contributed by atoms with Gasteiger partial charge in [-0.2, -0.15) is 0 Å². The second-order valence-electron chi connectivity index (χ2n) is 2.50. The Morgan fingerprint density at radius 2 is 2.00 bits per heavy atom. The highest BCUT2D eigenvalue weighted by molar-refractivity contribution is 7.91. The predicted molar refractivity (Wildman–Crippen MR) is 35.4 cm³/mol. The third-order valence-corrected chi connectivity index (χ3v) is 3.26. The standard InChI is InChI=1S/C4H7NO5S/c6-4-2-11(9,10)1-3(4)5(7)8/h3-4,6H,1-2H2/t3-,4+/m1/s1. The average Bonchev–Trinajstić information content (AvgIpc) is 2.05. The Morgan fingerprint density at radius 3 is 2.18 bits per heavy atom. The van der Waals surface area contributed by atoms with Gasteiger partial charge in [0.15, 0.2) is 9.84 Å². The molecule has 0 aromatic heterocycles. The molecule has 1 aliphatic heterocycles. The van der Waals surface area contributed by atoms with Crippen molar-refractivity contribution in [2.24, 2.45) is 0 Å². The second-order valence-corrected chi connectivity index (χ2v) is 4.65. The smallest absolute Gasteiger partial charge is 0.253 e. The number of aliphatic hydroxyl groups excluding tert-OH is 1. The van der Waals surface area contributed by atoms with E-state index < -0.39 is 38.4 Å². The molecular formula is C4H7NO5S. The first-order chi connectivity index (χ1) is 4.92. The van der Waals surface area contributed by atoms with Gasteiger partial charge < -0.3 is 5.11 Å². The van der Waals surface area contributed by atoms with Crippen LogP contribution in [-0.2, 0) is 9.84 Å². The summed E-state index contributed by atoms with van der Waals surface area (Å²) in [6.45, 7) is 0. The van der Waals surface area contributed by atoms with Crippen LogP contribution >= 0.6 is 0 Å². The number of hydrogen-bond donors (Lipinski definition) is 1. The first kappa shape index (κ1) is 8.41. The lowest BCUT2D eigenvalue weighted by atomic mass is 10.2. The molecule has 0 aromatic rings. The number of hydrogen-bond acceptors (Lipinski definition) is 5. The summed E-state index contributed by atoms with van der Waals surface area (Å²) in [4.78, 5) is 9.33. The van der Waals surface area contributed by atoms with Gasteiger partial charge in [-0.25, -0.2) is 8.42 Å². The quantitative estimate of drug-likeness (QED) is 0.389. The van der Waals surface area contributed by atoms with Gasteiger partial charge >= 0.3 is 0 Å². The van der Waals surface area contributed by atoms with Crippen LogP contribution in [0.15, 0.2) is 0 Å². The SMILES string of the molecule is O=[N+]([O-])[C@@H]1CS(=O)(=O)C[C@@H]1O. The van der Waals surface area contributed by atoms with Gasteiger partial charge in [0.05, 0.1) is 5.75 Å². The predicted octanol–water partition coefficient (Wildman–Crippen LogP) is -1.58. The maximum Gasteiger partial charge on any atom is 0.253 e. The topological polar surface area (TPSA) is 97.5 Å². The van der Waals surface area contributed by atoms with Gasteiger partial charge in [0, 0.05) is 4.92 Å². The first-order valence-corrected chi connectivity index (χ1v) is 4.76. The minimum atomic E-state index is -3.38. The molecule has 0 aliphatic carbocycles. The summed E-state index contributed by atoms with van der Waals surface area (Å²) in [7, 11) is -3.38. The van der Waals surface area contributed by atoms with E-state index in [4.69, 9.17) is 5.11 Å². The monoisotopic (exact) mass is 181 g/mol. The maximum atomic E-state index is 10.7. The van der Waals surface area contributed by atoms with Gasteiger partial charge in [-0.05, 0) is 0 Å². The number of nitro groups is 1. The highest BCUT2D eigenvalue weighted by Crippen LogP contribution is 2.14. The third-order valence-electron chi connectivity index (χ3n) is 1.56. The summed E-state index contributed by atoms with van der Waals surface area (Å²) < 4.78 is 21.4. The van der Waals surface area contributed by atoms with Crippen molar-refractivity contribution in [3.63, 3.8) is 0 Å². The number of nitrogens with zero attached hydrogens (tertiary/aromatic N) is 1. The Labute approximate surface area is 62.9 Å². The van der Waals surface area contributed by atoms with Crippen molar-refractivity contribution < 1.29 is 18.4 Å². The van der Waals surface area contributed by atoms with Crippen molar-refractivity contribution in [2.45, 2.75) is 12.1 Å². The molecule has 1 aliphatic rings. The molecule has 1 saturated heterocycles. The van der Waals surface area contributed by atoms with Crippen LogP contribution in [0, 0.1) is 10.1 Å². The molecule has 0 amide bonds. The summed E-state index contributed by atoms with van der Waals surface area (Å²) in [6, 6.07) is -1.33. The molecule has 0 spiro atoms. The number of rotatable bonds is 1. The molecule has 2 atom stereocenters. The van der Waals surface area contributed by atoms with Crippen LogP contribution in [0.3, 0.4) is 0 Å². The van der Waals surface area contributed by atoms with E-state index in [1.165, 1.54) is 0 Å². The minimum absolute atomic E-state index is 0.487.